The van der Waals surface area contributed by atoms with E-state index in [9.17, 15) is 22.8 Å². The van der Waals surface area contributed by atoms with E-state index >= 15 is 0 Å². The number of alkyl halides is 3. The molecule has 45 heavy (non-hydrogen) atoms. The van der Waals surface area contributed by atoms with Crippen LogP contribution in [0.15, 0.2) is 91.0 Å². The van der Waals surface area contributed by atoms with Crippen LogP contribution in [0.3, 0.4) is 0 Å². The van der Waals surface area contributed by atoms with Gasteiger partial charge in [-0.2, -0.15) is 13.2 Å². The second-order valence-electron chi connectivity index (χ2n) is 11.6. The van der Waals surface area contributed by atoms with Gasteiger partial charge in [0.2, 0.25) is 0 Å². The van der Waals surface area contributed by atoms with Crippen LogP contribution in [0.4, 0.5) is 18.0 Å². The van der Waals surface area contributed by atoms with Gasteiger partial charge in [-0.25, -0.2) is 9.59 Å². The zero-order chi connectivity index (χ0) is 32.7. The maximum atomic E-state index is 14.0. The molecule has 0 spiro atoms. The maximum absolute atomic E-state index is 14.0. The Morgan fingerprint density at radius 1 is 1.02 bits per heavy atom. The normalized spacial score (nSPS) is 21.0. The fourth-order valence-corrected chi connectivity index (χ4v) is 5.65. The molecule has 2 N–H and O–H groups in total. The van der Waals surface area contributed by atoms with Gasteiger partial charge in [-0.05, 0) is 61.9 Å². The fraction of sp³-hybridized carbons (Fsp3) is 0.371. The lowest BCUT2D eigenvalue weighted by Gasteiger charge is -2.52. The first-order chi connectivity index (χ1) is 21.3. The van der Waals surface area contributed by atoms with Crippen LogP contribution in [0.25, 0.3) is 0 Å². The predicted molar refractivity (Wildman–Crippen MR) is 164 cm³/mol. The number of piperidine rings is 1. The highest BCUT2D eigenvalue weighted by molar-refractivity contribution is 5.81. The van der Waals surface area contributed by atoms with Crippen LogP contribution in [0, 0.1) is 6.92 Å². The number of aryl methyl sites for hydroxylation is 1. The van der Waals surface area contributed by atoms with Gasteiger partial charge < -0.3 is 19.9 Å². The van der Waals surface area contributed by atoms with Gasteiger partial charge in [-0.3, -0.25) is 4.90 Å². The number of amides is 1. The third kappa shape index (κ3) is 8.52. The third-order valence-electron chi connectivity index (χ3n) is 8.21. The number of rotatable bonds is 10. The Kier molecular flexibility index (Phi) is 10.7. The van der Waals surface area contributed by atoms with E-state index in [2.05, 4.69) is 0 Å². The second-order valence-corrected chi connectivity index (χ2v) is 11.6. The van der Waals surface area contributed by atoms with Gasteiger partial charge in [0.05, 0.1) is 30.9 Å². The predicted octanol–water partition coefficient (Wildman–Crippen LogP) is 7.24. The molecule has 0 bridgehead atoms. The Morgan fingerprint density at radius 3 is 2.33 bits per heavy atom. The molecule has 0 radical (unpaired) electrons. The van der Waals surface area contributed by atoms with Crippen LogP contribution in [0.2, 0.25) is 0 Å². The Bertz CT molecular complexity index is 1480. The van der Waals surface area contributed by atoms with Crippen molar-refractivity contribution in [2.45, 2.75) is 63.1 Å². The molecule has 1 fully saturated rings. The van der Waals surface area contributed by atoms with E-state index < -0.39 is 41.0 Å². The highest BCUT2D eigenvalue weighted by Gasteiger charge is 2.50. The molecule has 0 aliphatic carbocycles. The number of hydrogen-bond donors (Lipinski definition) is 1. The molecule has 10 heteroatoms. The summed E-state index contributed by atoms with van der Waals surface area (Å²) in [5, 5.41) is 0. The van der Waals surface area contributed by atoms with Gasteiger partial charge in [0.15, 0.2) is 0 Å². The Hall–Kier alpha value is -4.15. The minimum Gasteiger partial charge on any atom is -0.466 e. The molecule has 3 atom stereocenters. The molecule has 0 aromatic heterocycles. The number of carbonyl (C=O) groups is 2. The molecule has 240 valence electrons. The summed E-state index contributed by atoms with van der Waals surface area (Å²) < 4.78 is 57.6. The number of benzene rings is 3. The molecule has 1 heterocycles. The number of carbonyl (C=O) groups excluding carboxylic acids is 2. The number of methoxy groups -OCH3 is 1. The molecule has 1 aliphatic rings. The minimum atomic E-state index is -4.50. The molecule has 1 unspecified atom stereocenters. The smallest absolute Gasteiger partial charge is 0.416 e. The molecule has 7 nitrogen and oxygen atoms in total. The van der Waals surface area contributed by atoms with Crippen molar-refractivity contribution in [1.29, 1.82) is 0 Å². The van der Waals surface area contributed by atoms with Crippen molar-refractivity contribution in [2.75, 3.05) is 20.3 Å². The Balaban J connectivity index is 1.68. The molecular weight excluding hydrogens is 585 g/mol. The highest BCUT2D eigenvalue weighted by atomic mass is 19.4. The lowest BCUT2D eigenvalue weighted by molar-refractivity contribution is -0.138. The van der Waals surface area contributed by atoms with Crippen molar-refractivity contribution < 1.29 is 37.0 Å². The van der Waals surface area contributed by atoms with Crippen LogP contribution < -0.4 is 5.73 Å². The zero-order valence-electron chi connectivity index (χ0n) is 25.7. The summed E-state index contributed by atoms with van der Waals surface area (Å²) in [6.45, 7) is 3.38. The number of halogens is 3. The first-order valence-electron chi connectivity index (χ1n) is 14.7. The van der Waals surface area contributed by atoms with Crippen LogP contribution >= 0.6 is 0 Å². The summed E-state index contributed by atoms with van der Waals surface area (Å²) in [4.78, 5) is 27.2. The lowest BCUT2D eigenvalue weighted by Crippen LogP contribution is -2.65. The number of esters is 1. The first-order valence-corrected chi connectivity index (χ1v) is 14.7. The molecule has 3 aromatic carbocycles. The molecule has 1 saturated heterocycles. The fourth-order valence-electron chi connectivity index (χ4n) is 5.65. The number of nitrogens with zero attached hydrogens (tertiary/aromatic N) is 1. The van der Waals surface area contributed by atoms with Crippen LogP contribution in [-0.2, 0) is 37.3 Å². The summed E-state index contributed by atoms with van der Waals surface area (Å²) in [5.41, 5.74) is 6.56. The summed E-state index contributed by atoms with van der Waals surface area (Å²) >= 11 is 0. The standard InChI is InChI=1S/C35H39F3N2O5/c1-25-19-28(21-30(20-25)35(36,37)38)26(2)45-24-34(29-13-8-5-9-14-29)18-17-33(39,16-10-15-31(41)43-3)23-40(34)32(42)44-22-27-11-6-4-7-12-27/h4-15,19-21,26H,16-18,22-24,39H2,1-3H3/b15-10+/t26?,33-,34-/m1/s1. The monoisotopic (exact) mass is 624 g/mol. The number of likely N-dealkylation sites (tertiary alicyclic amines) is 1. The topological polar surface area (TPSA) is 91.1 Å². The van der Waals surface area contributed by atoms with E-state index in [-0.39, 0.29) is 26.2 Å². The van der Waals surface area contributed by atoms with E-state index in [4.69, 9.17) is 19.9 Å². The molecule has 3 aromatic rings. The molecule has 1 aliphatic heterocycles. The van der Waals surface area contributed by atoms with Gasteiger partial charge in [0, 0.05) is 18.2 Å². The van der Waals surface area contributed by atoms with Gasteiger partial charge in [0.1, 0.15) is 6.61 Å². The average Bonchev–Trinajstić information content (AvgIpc) is 3.03. The van der Waals surface area contributed by atoms with Gasteiger partial charge in [0.25, 0.3) is 0 Å². The van der Waals surface area contributed by atoms with Crippen molar-refractivity contribution in [3.05, 3.63) is 119 Å². The number of hydrogen-bond acceptors (Lipinski definition) is 6. The lowest BCUT2D eigenvalue weighted by atomic mass is 9.74. The number of ether oxygens (including phenoxy) is 3. The molecular formula is C35H39F3N2O5. The summed E-state index contributed by atoms with van der Waals surface area (Å²) in [6, 6.07) is 22.5. The third-order valence-corrected chi connectivity index (χ3v) is 8.21. The molecule has 4 rings (SSSR count). The maximum Gasteiger partial charge on any atom is 0.416 e. The van der Waals surface area contributed by atoms with E-state index in [0.717, 1.165) is 23.3 Å². The van der Waals surface area contributed by atoms with Gasteiger partial charge in [-0.15, -0.1) is 0 Å². The summed E-state index contributed by atoms with van der Waals surface area (Å²) in [6.07, 6.45) is -1.79. The van der Waals surface area contributed by atoms with Crippen LogP contribution in [0.1, 0.15) is 60.1 Å². The quantitative estimate of drug-likeness (QED) is 0.189. The second kappa shape index (κ2) is 14.3. The van der Waals surface area contributed by atoms with Crippen molar-refractivity contribution in [3.8, 4) is 0 Å². The summed E-state index contributed by atoms with van der Waals surface area (Å²) in [5.74, 6) is -0.514. The van der Waals surface area contributed by atoms with Crippen molar-refractivity contribution in [2.24, 2.45) is 5.73 Å². The van der Waals surface area contributed by atoms with Gasteiger partial charge >= 0.3 is 18.2 Å². The first kappa shape index (κ1) is 33.7. The van der Waals surface area contributed by atoms with Crippen molar-refractivity contribution in [3.63, 3.8) is 0 Å². The van der Waals surface area contributed by atoms with E-state index in [1.165, 1.54) is 13.2 Å². The van der Waals surface area contributed by atoms with E-state index in [0.29, 0.717) is 24.0 Å². The Morgan fingerprint density at radius 2 is 1.69 bits per heavy atom. The Labute approximate surface area is 261 Å². The highest BCUT2D eigenvalue weighted by Crippen LogP contribution is 2.43. The summed E-state index contributed by atoms with van der Waals surface area (Å²) in [7, 11) is 1.28. The average molecular weight is 625 g/mol. The molecule has 1 amide bonds. The van der Waals surface area contributed by atoms with E-state index in [1.807, 2.05) is 60.7 Å². The number of nitrogens with two attached hydrogens (primary N) is 1. The largest absolute Gasteiger partial charge is 0.466 e. The zero-order valence-corrected chi connectivity index (χ0v) is 25.7. The van der Waals surface area contributed by atoms with Crippen LogP contribution in [0.5, 0.6) is 0 Å². The van der Waals surface area contributed by atoms with Crippen molar-refractivity contribution in [1.82, 2.24) is 4.90 Å². The molecule has 0 saturated carbocycles. The van der Waals surface area contributed by atoms with Crippen LogP contribution in [-0.4, -0.2) is 42.8 Å². The SMILES string of the molecule is COC(=O)/C=C/C[C@@]1(N)CC[C@@](COC(C)c2cc(C)cc(C(F)(F)F)c2)(c2ccccc2)N(C(=O)OCc2ccccc2)C1. The van der Waals surface area contributed by atoms with E-state index in [1.54, 1.807) is 30.9 Å². The van der Waals surface area contributed by atoms with Crippen molar-refractivity contribution >= 4 is 12.1 Å². The van der Waals surface area contributed by atoms with Gasteiger partial charge in [-0.1, -0.05) is 78.4 Å². The minimum absolute atomic E-state index is 0.0258.